The highest BCUT2D eigenvalue weighted by molar-refractivity contribution is 5.73. The summed E-state index contributed by atoms with van der Waals surface area (Å²) in [7, 11) is 0. The van der Waals surface area contributed by atoms with E-state index in [1.165, 1.54) is 5.56 Å². The van der Waals surface area contributed by atoms with Crippen LogP contribution in [0, 0.1) is 0 Å². The van der Waals surface area contributed by atoms with Crippen LogP contribution in [0.25, 0.3) is 11.0 Å². The number of nitrogens with zero attached hydrogens (tertiary/aromatic N) is 2. The van der Waals surface area contributed by atoms with E-state index in [2.05, 4.69) is 41.2 Å². The van der Waals surface area contributed by atoms with Gasteiger partial charge in [0, 0.05) is 0 Å². The van der Waals surface area contributed by atoms with Crippen molar-refractivity contribution in [3.05, 3.63) is 71.5 Å². The van der Waals surface area contributed by atoms with Crippen molar-refractivity contribution in [3.63, 3.8) is 0 Å². The van der Waals surface area contributed by atoms with Gasteiger partial charge in [-0.15, -0.1) is 0 Å². The average molecular weight is 277 g/mol. The number of aryl methyl sites for hydroxylation is 1. The number of rotatable bonds is 4. The second-order valence-electron chi connectivity index (χ2n) is 5.25. The topological polar surface area (TPSA) is 51.8 Å². The van der Waals surface area contributed by atoms with Gasteiger partial charge in [0.2, 0.25) is 0 Å². The lowest BCUT2D eigenvalue weighted by molar-refractivity contribution is 0.825. The fourth-order valence-corrected chi connectivity index (χ4v) is 2.47. The van der Waals surface area contributed by atoms with Crippen LogP contribution >= 0.6 is 0 Å². The minimum atomic E-state index is -0.238. The van der Waals surface area contributed by atoms with E-state index in [1.807, 2.05) is 24.3 Å². The Morgan fingerprint density at radius 3 is 2.43 bits per heavy atom. The lowest BCUT2D eigenvalue weighted by atomic mass is 10.0. The van der Waals surface area contributed by atoms with Crippen LogP contribution in [0.15, 0.2) is 54.7 Å². The van der Waals surface area contributed by atoms with Crippen molar-refractivity contribution in [2.75, 3.05) is 0 Å². The first-order valence-electron chi connectivity index (χ1n) is 7.34. The first-order chi connectivity index (χ1) is 10.3. The maximum absolute atomic E-state index is 6.33. The Hall–Kier alpha value is -2.26. The van der Waals surface area contributed by atoms with E-state index < -0.39 is 0 Å². The molecule has 2 N–H and O–H groups in total. The zero-order valence-corrected chi connectivity index (χ0v) is 12.2. The Kier molecular flexibility index (Phi) is 3.93. The zero-order valence-electron chi connectivity index (χ0n) is 12.2. The molecule has 0 fully saturated rings. The van der Waals surface area contributed by atoms with E-state index in [1.54, 1.807) is 6.20 Å². The van der Waals surface area contributed by atoms with Crippen LogP contribution in [-0.2, 0) is 6.42 Å². The highest BCUT2D eigenvalue weighted by Crippen LogP contribution is 2.20. The van der Waals surface area contributed by atoms with E-state index in [9.17, 15) is 0 Å². The summed E-state index contributed by atoms with van der Waals surface area (Å²) in [6.45, 7) is 2.18. The van der Waals surface area contributed by atoms with Crippen LogP contribution in [0.1, 0.15) is 36.2 Å². The average Bonchev–Trinajstić information content (AvgIpc) is 2.55. The summed E-state index contributed by atoms with van der Waals surface area (Å²) >= 11 is 0. The van der Waals surface area contributed by atoms with Gasteiger partial charge < -0.3 is 5.73 Å². The van der Waals surface area contributed by atoms with Crippen LogP contribution in [0.4, 0.5) is 0 Å². The van der Waals surface area contributed by atoms with Gasteiger partial charge in [-0.05, 0) is 29.7 Å². The van der Waals surface area contributed by atoms with Crippen LogP contribution in [-0.4, -0.2) is 9.97 Å². The molecule has 0 bridgehead atoms. The summed E-state index contributed by atoms with van der Waals surface area (Å²) in [5, 5.41) is 0. The molecule has 3 aromatic rings. The normalized spacial score (nSPS) is 12.5. The summed E-state index contributed by atoms with van der Waals surface area (Å²) in [4.78, 5) is 9.06. The SMILES string of the molecule is CCCc1ccc(C(N)c2cnc3ccccc3n2)cc1. The molecule has 1 unspecified atom stereocenters. The second-order valence-corrected chi connectivity index (χ2v) is 5.25. The number of benzene rings is 2. The molecule has 0 saturated carbocycles. The van der Waals surface area contributed by atoms with Crippen molar-refractivity contribution in [1.82, 2.24) is 9.97 Å². The van der Waals surface area contributed by atoms with E-state index >= 15 is 0 Å². The maximum Gasteiger partial charge on any atom is 0.0890 e. The molecule has 1 heterocycles. The van der Waals surface area contributed by atoms with Gasteiger partial charge in [-0.1, -0.05) is 49.7 Å². The van der Waals surface area contributed by atoms with Crippen LogP contribution in [0.5, 0.6) is 0 Å². The number of hydrogen-bond acceptors (Lipinski definition) is 3. The van der Waals surface area contributed by atoms with E-state index in [0.717, 1.165) is 35.1 Å². The fourth-order valence-electron chi connectivity index (χ4n) is 2.47. The molecule has 0 spiro atoms. The lowest BCUT2D eigenvalue weighted by Crippen LogP contribution is -2.14. The third kappa shape index (κ3) is 2.93. The summed E-state index contributed by atoms with van der Waals surface area (Å²) < 4.78 is 0. The molecule has 0 amide bonds. The molecular formula is C18H19N3. The molecule has 1 atom stereocenters. The Morgan fingerprint density at radius 2 is 1.71 bits per heavy atom. The number of fused-ring (bicyclic) bond motifs is 1. The molecule has 21 heavy (non-hydrogen) atoms. The Morgan fingerprint density at radius 1 is 1.00 bits per heavy atom. The van der Waals surface area contributed by atoms with Crippen LogP contribution < -0.4 is 5.73 Å². The Labute approximate surface area is 124 Å². The molecule has 3 nitrogen and oxygen atoms in total. The standard InChI is InChI=1S/C18H19N3/c1-2-5-13-8-10-14(11-9-13)18(19)17-12-20-15-6-3-4-7-16(15)21-17/h3-4,6-12,18H,2,5,19H2,1H3. The van der Waals surface area contributed by atoms with Gasteiger partial charge in [-0.2, -0.15) is 0 Å². The highest BCUT2D eigenvalue weighted by atomic mass is 14.8. The molecule has 3 rings (SSSR count). The number of hydrogen-bond donors (Lipinski definition) is 1. The molecule has 3 heteroatoms. The molecule has 106 valence electrons. The molecule has 0 aliphatic carbocycles. The number of aromatic nitrogens is 2. The van der Waals surface area contributed by atoms with Gasteiger partial charge in [0.1, 0.15) is 0 Å². The summed E-state index contributed by atoms with van der Waals surface area (Å²) in [5.74, 6) is 0. The van der Waals surface area contributed by atoms with Crippen molar-refractivity contribution >= 4 is 11.0 Å². The van der Waals surface area contributed by atoms with Gasteiger partial charge in [0.25, 0.3) is 0 Å². The van der Waals surface area contributed by atoms with Crippen molar-refractivity contribution < 1.29 is 0 Å². The van der Waals surface area contributed by atoms with Crippen molar-refractivity contribution in [1.29, 1.82) is 0 Å². The van der Waals surface area contributed by atoms with Gasteiger partial charge in [-0.25, -0.2) is 4.98 Å². The smallest absolute Gasteiger partial charge is 0.0890 e. The number of para-hydroxylation sites is 2. The first kappa shape index (κ1) is 13.7. The van der Waals surface area contributed by atoms with Gasteiger partial charge >= 0.3 is 0 Å². The predicted octanol–water partition coefficient (Wildman–Crippen LogP) is 3.63. The number of nitrogens with two attached hydrogens (primary N) is 1. The maximum atomic E-state index is 6.33. The molecule has 1 aromatic heterocycles. The van der Waals surface area contributed by atoms with Gasteiger partial charge in [0.05, 0.1) is 29.0 Å². The molecular weight excluding hydrogens is 258 g/mol. The molecule has 2 aromatic carbocycles. The fraction of sp³-hybridized carbons (Fsp3) is 0.222. The lowest BCUT2D eigenvalue weighted by Gasteiger charge is -2.12. The zero-order chi connectivity index (χ0) is 14.7. The molecule has 0 aliphatic rings. The molecule has 0 radical (unpaired) electrons. The third-order valence-electron chi connectivity index (χ3n) is 3.66. The molecule has 0 saturated heterocycles. The largest absolute Gasteiger partial charge is 0.319 e. The van der Waals surface area contributed by atoms with Crippen molar-refractivity contribution in [2.24, 2.45) is 5.73 Å². The van der Waals surface area contributed by atoms with Crippen molar-refractivity contribution in [3.8, 4) is 0 Å². The van der Waals surface area contributed by atoms with Gasteiger partial charge in [0.15, 0.2) is 0 Å². The van der Waals surface area contributed by atoms with E-state index in [0.29, 0.717) is 0 Å². The minimum absolute atomic E-state index is 0.238. The third-order valence-corrected chi connectivity index (χ3v) is 3.66. The van der Waals surface area contributed by atoms with Crippen molar-refractivity contribution in [2.45, 2.75) is 25.8 Å². The minimum Gasteiger partial charge on any atom is -0.319 e. The van der Waals surface area contributed by atoms with Gasteiger partial charge in [-0.3, -0.25) is 4.98 Å². The first-order valence-corrected chi connectivity index (χ1v) is 7.34. The van der Waals surface area contributed by atoms with E-state index in [-0.39, 0.29) is 6.04 Å². The highest BCUT2D eigenvalue weighted by Gasteiger charge is 2.11. The Balaban J connectivity index is 1.90. The second kappa shape index (κ2) is 6.02. The quantitative estimate of drug-likeness (QED) is 0.792. The van der Waals surface area contributed by atoms with Crippen LogP contribution in [0.2, 0.25) is 0 Å². The summed E-state index contributed by atoms with van der Waals surface area (Å²) in [5.41, 5.74) is 11.3. The monoisotopic (exact) mass is 277 g/mol. The molecule has 0 aliphatic heterocycles. The summed E-state index contributed by atoms with van der Waals surface area (Å²) in [6, 6.07) is 16.1. The Bertz CT molecular complexity index is 735. The predicted molar refractivity (Wildman–Crippen MR) is 86.0 cm³/mol. The van der Waals surface area contributed by atoms with Crippen LogP contribution in [0.3, 0.4) is 0 Å². The van der Waals surface area contributed by atoms with E-state index in [4.69, 9.17) is 5.73 Å². The summed E-state index contributed by atoms with van der Waals surface area (Å²) in [6.07, 6.45) is 4.03.